The van der Waals surface area contributed by atoms with Crippen LogP contribution in [0.2, 0.25) is 0 Å². The van der Waals surface area contributed by atoms with Crippen molar-refractivity contribution >= 4 is 38.9 Å². The van der Waals surface area contributed by atoms with Gasteiger partial charge in [-0.05, 0) is 55.3 Å². The number of benzene rings is 3. The molecule has 5 rings (SSSR count). The van der Waals surface area contributed by atoms with Crippen molar-refractivity contribution in [1.82, 2.24) is 0 Å². The number of fused-ring (bicyclic) bond motifs is 2. The van der Waals surface area contributed by atoms with Gasteiger partial charge in [-0.15, -0.1) is 0 Å². The molecule has 0 fully saturated rings. The Hall–Kier alpha value is -3.65. The molecular weight excluding hydrogens is 426 g/mol. The Bertz CT molecular complexity index is 1350. The highest BCUT2D eigenvalue weighted by atomic mass is 32.2. The van der Waals surface area contributed by atoms with Crippen LogP contribution in [0.15, 0.2) is 77.7 Å². The maximum absolute atomic E-state index is 13.5. The van der Waals surface area contributed by atoms with Crippen molar-refractivity contribution in [3.63, 3.8) is 0 Å². The molecule has 0 bridgehead atoms. The number of anilines is 3. The molecule has 0 saturated carbocycles. The third-order valence-corrected chi connectivity index (χ3v) is 7.72. The zero-order valence-electron chi connectivity index (χ0n) is 17.4. The van der Waals surface area contributed by atoms with Gasteiger partial charge in [-0.3, -0.25) is 18.8 Å². The lowest BCUT2D eigenvalue weighted by atomic mass is 10.1. The number of rotatable bonds is 3. The van der Waals surface area contributed by atoms with E-state index in [0.29, 0.717) is 23.5 Å². The molecule has 2 heterocycles. The first-order valence-electron chi connectivity index (χ1n) is 10.3. The topological polar surface area (TPSA) is 86.8 Å². The second-order valence-corrected chi connectivity index (χ2v) is 9.78. The van der Waals surface area contributed by atoms with Crippen molar-refractivity contribution in [2.24, 2.45) is 0 Å². The lowest BCUT2D eigenvalue weighted by molar-refractivity contribution is -0.115. The summed E-state index contributed by atoms with van der Waals surface area (Å²) in [7, 11) is -3.88. The van der Waals surface area contributed by atoms with E-state index in [1.807, 2.05) is 25.1 Å². The molecule has 0 saturated heterocycles. The second-order valence-electron chi connectivity index (χ2n) is 7.97. The molecule has 0 radical (unpaired) electrons. The summed E-state index contributed by atoms with van der Waals surface area (Å²) in [4.78, 5) is 26.8. The van der Waals surface area contributed by atoms with E-state index < -0.39 is 15.9 Å². The van der Waals surface area contributed by atoms with Crippen LogP contribution in [-0.2, 0) is 21.2 Å². The van der Waals surface area contributed by atoms with Gasteiger partial charge in [0.15, 0.2) is 0 Å². The number of carbonyl (C=O) groups excluding carboxylic acids is 2. The van der Waals surface area contributed by atoms with Crippen LogP contribution in [0.4, 0.5) is 17.1 Å². The normalized spacial score (nSPS) is 17.5. The van der Waals surface area contributed by atoms with Gasteiger partial charge in [-0.2, -0.15) is 0 Å². The molecule has 0 aromatic heterocycles. The van der Waals surface area contributed by atoms with Gasteiger partial charge in [0.2, 0.25) is 5.91 Å². The molecule has 8 heteroatoms. The lowest BCUT2D eigenvalue weighted by Gasteiger charge is -2.29. The first-order valence-corrected chi connectivity index (χ1v) is 11.7. The average Bonchev–Trinajstić information content (AvgIpc) is 3.14. The standard InChI is InChI=1S/C24H21N3O4S/c1-16-13-17-7-2-4-11-21(17)27(16)32(30,31)19-9-6-8-18(14-19)24(29)26-15-23(28)25-20-10-3-5-12-22(20)26/h2-12,14,16H,13,15H2,1H3,(H,25,28)/t16-/m0/s1. The van der Waals surface area contributed by atoms with Crippen LogP contribution in [0.1, 0.15) is 22.8 Å². The quantitative estimate of drug-likeness (QED) is 0.667. The van der Waals surface area contributed by atoms with Crippen molar-refractivity contribution in [2.75, 3.05) is 21.1 Å². The molecule has 1 N–H and O–H groups in total. The fourth-order valence-electron chi connectivity index (χ4n) is 4.38. The van der Waals surface area contributed by atoms with Gasteiger partial charge >= 0.3 is 0 Å². The maximum Gasteiger partial charge on any atom is 0.264 e. The highest BCUT2D eigenvalue weighted by molar-refractivity contribution is 7.92. The molecule has 2 amide bonds. The smallest absolute Gasteiger partial charge is 0.264 e. The summed E-state index contributed by atoms with van der Waals surface area (Å²) in [5.74, 6) is -0.734. The third-order valence-electron chi connectivity index (χ3n) is 5.80. The van der Waals surface area contributed by atoms with E-state index in [9.17, 15) is 18.0 Å². The van der Waals surface area contributed by atoms with Crippen molar-refractivity contribution in [3.05, 3.63) is 83.9 Å². The fourth-order valence-corrected chi connectivity index (χ4v) is 6.12. The molecule has 3 aromatic rings. The van der Waals surface area contributed by atoms with E-state index in [2.05, 4.69) is 5.32 Å². The summed E-state index contributed by atoms with van der Waals surface area (Å²) in [6.45, 7) is 1.74. The third kappa shape index (κ3) is 3.23. The van der Waals surface area contributed by atoms with E-state index in [-0.39, 0.29) is 29.0 Å². The highest BCUT2D eigenvalue weighted by Crippen LogP contribution is 2.37. The Kier molecular flexibility index (Phi) is 4.74. The van der Waals surface area contributed by atoms with Gasteiger partial charge in [0.25, 0.3) is 15.9 Å². The molecule has 0 spiro atoms. The SMILES string of the molecule is C[C@H]1Cc2ccccc2N1S(=O)(=O)c1cccc(C(=O)N2CC(=O)Nc3ccccc32)c1. The number of para-hydroxylation sites is 3. The highest BCUT2D eigenvalue weighted by Gasteiger charge is 2.36. The maximum atomic E-state index is 13.5. The van der Waals surface area contributed by atoms with Crippen molar-refractivity contribution in [2.45, 2.75) is 24.3 Å². The molecule has 2 aliphatic rings. The molecule has 1 atom stereocenters. The van der Waals surface area contributed by atoms with Gasteiger partial charge in [0.05, 0.1) is 22.0 Å². The Labute approximate surface area is 186 Å². The number of sulfonamides is 1. The number of hydrogen-bond acceptors (Lipinski definition) is 4. The summed E-state index contributed by atoms with van der Waals surface area (Å²) in [6, 6.07) is 20.3. The van der Waals surface area contributed by atoms with Gasteiger partial charge in [-0.1, -0.05) is 36.4 Å². The Morgan fingerprint density at radius 1 is 0.969 bits per heavy atom. The van der Waals surface area contributed by atoms with E-state index in [0.717, 1.165) is 5.56 Å². The number of nitrogens with zero attached hydrogens (tertiary/aromatic N) is 2. The van der Waals surface area contributed by atoms with Crippen LogP contribution in [0.25, 0.3) is 0 Å². The minimum Gasteiger partial charge on any atom is -0.323 e. The summed E-state index contributed by atoms with van der Waals surface area (Å²) in [5, 5.41) is 2.75. The number of amides is 2. The van der Waals surface area contributed by atoms with Crippen molar-refractivity contribution in [3.8, 4) is 0 Å². The van der Waals surface area contributed by atoms with Crippen LogP contribution >= 0.6 is 0 Å². The van der Waals surface area contributed by atoms with Crippen LogP contribution in [0.3, 0.4) is 0 Å². The van der Waals surface area contributed by atoms with Crippen LogP contribution in [-0.4, -0.2) is 32.8 Å². The first kappa shape index (κ1) is 20.3. The largest absolute Gasteiger partial charge is 0.323 e. The minimum atomic E-state index is -3.88. The molecule has 2 aliphatic heterocycles. The van der Waals surface area contributed by atoms with Gasteiger partial charge in [0.1, 0.15) is 6.54 Å². The van der Waals surface area contributed by atoms with Crippen LogP contribution in [0.5, 0.6) is 0 Å². The number of nitrogens with one attached hydrogen (secondary N) is 1. The van der Waals surface area contributed by atoms with Gasteiger partial charge in [-0.25, -0.2) is 8.42 Å². The van der Waals surface area contributed by atoms with Crippen LogP contribution in [0, 0.1) is 0 Å². The molecule has 0 unspecified atom stereocenters. The molecule has 162 valence electrons. The van der Waals surface area contributed by atoms with Crippen LogP contribution < -0.4 is 14.5 Å². The summed E-state index contributed by atoms with van der Waals surface area (Å²) in [6.07, 6.45) is 0.633. The summed E-state index contributed by atoms with van der Waals surface area (Å²) in [5.41, 5.74) is 2.97. The predicted octanol–water partition coefficient (Wildman–Crippen LogP) is 3.43. The van der Waals surface area contributed by atoms with E-state index in [1.165, 1.54) is 21.3 Å². The molecule has 0 aliphatic carbocycles. The van der Waals surface area contributed by atoms with Crippen molar-refractivity contribution < 1.29 is 18.0 Å². The molecule has 7 nitrogen and oxygen atoms in total. The fraction of sp³-hybridized carbons (Fsp3) is 0.167. The minimum absolute atomic E-state index is 0.0432. The van der Waals surface area contributed by atoms with E-state index in [1.54, 1.807) is 42.5 Å². The van der Waals surface area contributed by atoms with Gasteiger partial charge in [0, 0.05) is 11.6 Å². The Morgan fingerprint density at radius 3 is 2.50 bits per heavy atom. The molecule has 32 heavy (non-hydrogen) atoms. The molecule has 3 aromatic carbocycles. The zero-order chi connectivity index (χ0) is 22.5. The predicted molar refractivity (Wildman–Crippen MR) is 122 cm³/mol. The Balaban J connectivity index is 1.52. The van der Waals surface area contributed by atoms with E-state index in [4.69, 9.17) is 0 Å². The summed E-state index contributed by atoms with van der Waals surface area (Å²) >= 11 is 0. The van der Waals surface area contributed by atoms with E-state index >= 15 is 0 Å². The number of carbonyl (C=O) groups is 2. The lowest BCUT2D eigenvalue weighted by Crippen LogP contribution is -2.42. The monoisotopic (exact) mass is 447 g/mol. The number of hydrogen-bond donors (Lipinski definition) is 1. The first-order chi connectivity index (χ1) is 15.4. The zero-order valence-corrected chi connectivity index (χ0v) is 18.2. The van der Waals surface area contributed by atoms with Gasteiger partial charge < -0.3 is 5.32 Å². The average molecular weight is 448 g/mol. The molecular formula is C24H21N3O4S. The Morgan fingerprint density at radius 2 is 1.69 bits per heavy atom. The van der Waals surface area contributed by atoms with Crippen molar-refractivity contribution in [1.29, 1.82) is 0 Å². The summed E-state index contributed by atoms with van der Waals surface area (Å²) < 4.78 is 28.5. The second kappa shape index (κ2) is 7.49.